The number of aromatic nitrogens is 3. The van der Waals surface area contributed by atoms with Crippen LogP contribution >= 0.6 is 11.3 Å². The minimum Gasteiger partial charge on any atom is -0.455 e. The van der Waals surface area contributed by atoms with E-state index in [0.717, 1.165) is 76.7 Å². The van der Waals surface area contributed by atoms with E-state index in [4.69, 9.17) is 19.4 Å². The number of hydrogen-bond acceptors (Lipinski definition) is 5. The Bertz CT molecular complexity index is 3230. The van der Waals surface area contributed by atoms with Crippen LogP contribution in [0.15, 0.2) is 192 Å². The Hall–Kier alpha value is -7.21. The molecule has 0 amide bonds. The lowest BCUT2D eigenvalue weighted by Gasteiger charge is -2.11. The van der Waals surface area contributed by atoms with Crippen LogP contribution in [0, 0.1) is 0 Å². The van der Waals surface area contributed by atoms with Crippen LogP contribution in [-0.4, -0.2) is 15.0 Å². The molecule has 0 aliphatic heterocycles. The van der Waals surface area contributed by atoms with Crippen LogP contribution in [0.5, 0.6) is 0 Å². The fourth-order valence-corrected chi connectivity index (χ4v) is 9.11. The van der Waals surface area contributed by atoms with Gasteiger partial charge in [-0.2, -0.15) is 0 Å². The summed E-state index contributed by atoms with van der Waals surface area (Å²) in [5.41, 5.74) is 10.8. The summed E-state index contributed by atoms with van der Waals surface area (Å²) in [5, 5.41) is 4.40. The van der Waals surface area contributed by atoms with Crippen LogP contribution in [-0.2, 0) is 0 Å². The molecule has 0 aliphatic rings. The van der Waals surface area contributed by atoms with Gasteiger partial charge in [0.25, 0.3) is 0 Å². The summed E-state index contributed by atoms with van der Waals surface area (Å²) in [6, 6.07) is 65.5. The minimum atomic E-state index is 0.589. The molecular formula is C51H31N3OS. The van der Waals surface area contributed by atoms with Crippen molar-refractivity contribution in [2.24, 2.45) is 0 Å². The molecule has 0 saturated carbocycles. The SMILES string of the molecule is c1ccc(-c2cc(-c3ccccc3)c3oc4c(-c5ccccc5)ccc(-c5nc(-c6ccccc6)nc(-c6cccc7c6sc6ccccc67)n5)c4c3c2)cc1. The van der Waals surface area contributed by atoms with Crippen molar-refractivity contribution in [2.45, 2.75) is 0 Å². The maximum Gasteiger partial charge on any atom is 0.165 e. The minimum absolute atomic E-state index is 0.589. The van der Waals surface area contributed by atoms with Crippen molar-refractivity contribution >= 4 is 53.4 Å². The zero-order valence-electron chi connectivity index (χ0n) is 30.1. The number of hydrogen-bond donors (Lipinski definition) is 0. The van der Waals surface area contributed by atoms with E-state index in [1.54, 1.807) is 11.3 Å². The van der Waals surface area contributed by atoms with E-state index >= 15 is 0 Å². The lowest BCUT2D eigenvalue weighted by Crippen LogP contribution is -2.00. The van der Waals surface area contributed by atoms with Crippen LogP contribution < -0.4 is 0 Å². The van der Waals surface area contributed by atoms with E-state index in [0.29, 0.717) is 17.5 Å². The lowest BCUT2D eigenvalue weighted by atomic mass is 9.93. The third kappa shape index (κ3) is 5.40. The molecule has 4 nitrogen and oxygen atoms in total. The second kappa shape index (κ2) is 13.3. The summed E-state index contributed by atoms with van der Waals surface area (Å²) >= 11 is 1.78. The van der Waals surface area contributed by atoms with E-state index in [1.807, 2.05) is 30.3 Å². The maximum absolute atomic E-state index is 7.13. The molecule has 0 aliphatic carbocycles. The van der Waals surface area contributed by atoms with Gasteiger partial charge in [0.15, 0.2) is 17.5 Å². The molecule has 8 aromatic carbocycles. The van der Waals surface area contributed by atoms with Gasteiger partial charge in [-0.1, -0.05) is 152 Å². The molecule has 5 heteroatoms. The molecule has 56 heavy (non-hydrogen) atoms. The molecule has 11 rings (SSSR count). The number of thiophene rings is 1. The van der Waals surface area contributed by atoms with Crippen molar-refractivity contribution in [3.05, 3.63) is 188 Å². The van der Waals surface area contributed by atoms with E-state index in [-0.39, 0.29) is 0 Å². The number of benzene rings is 8. The maximum atomic E-state index is 7.13. The van der Waals surface area contributed by atoms with Gasteiger partial charge in [-0.15, -0.1) is 11.3 Å². The van der Waals surface area contributed by atoms with Crippen molar-refractivity contribution in [3.63, 3.8) is 0 Å². The highest BCUT2D eigenvalue weighted by Gasteiger charge is 2.24. The van der Waals surface area contributed by atoms with E-state index < -0.39 is 0 Å². The molecule has 262 valence electrons. The van der Waals surface area contributed by atoms with E-state index in [2.05, 4.69) is 158 Å². The summed E-state index contributed by atoms with van der Waals surface area (Å²) in [6.07, 6.45) is 0. The van der Waals surface area contributed by atoms with Gasteiger partial charge >= 0.3 is 0 Å². The summed E-state index contributed by atoms with van der Waals surface area (Å²) in [5.74, 6) is 1.84. The standard InChI is InChI=1S/C51H31N3OS/c1-5-16-32(17-6-1)36-30-42(34-20-9-3-10-21-34)46-43(31-36)45-40(29-28-37(47(45)55-46)33-18-7-2-8-19-33)50-52-49(35-22-11-4-12-23-35)53-51(54-50)41-26-15-25-39-38-24-13-14-27-44(38)56-48(39)41/h1-31H. The van der Waals surface area contributed by atoms with Crippen molar-refractivity contribution in [2.75, 3.05) is 0 Å². The first-order valence-corrected chi connectivity index (χ1v) is 19.5. The zero-order chi connectivity index (χ0) is 37.0. The van der Waals surface area contributed by atoms with Crippen LogP contribution in [0.2, 0.25) is 0 Å². The van der Waals surface area contributed by atoms with Gasteiger partial charge in [-0.25, -0.2) is 15.0 Å². The third-order valence-corrected chi connectivity index (χ3v) is 11.8. The Balaban J connectivity index is 1.25. The van der Waals surface area contributed by atoms with Crippen LogP contribution in [0.3, 0.4) is 0 Å². The summed E-state index contributed by atoms with van der Waals surface area (Å²) in [4.78, 5) is 15.8. The highest BCUT2D eigenvalue weighted by atomic mass is 32.1. The summed E-state index contributed by atoms with van der Waals surface area (Å²) in [7, 11) is 0. The fraction of sp³-hybridized carbons (Fsp3) is 0. The molecule has 0 N–H and O–H groups in total. The Morgan fingerprint density at radius 3 is 1.61 bits per heavy atom. The second-order valence-electron chi connectivity index (χ2n) is 13.9. The van der Waals surface area contributed by atoms with Gasteiger partial charge < -0.3 is 4.42 Å². The molecule has 0 bridgehead atoms. The molecule has 0 unspecified atom stereocenters. The van der Waals surface area contributed by atoms with Crippen LogP contribution in [0.25, 0.3) is 110 Å². The average Bonchev–Trinajstić information content (AvgIpc) is 3.86. The molecule has 3 aromatic heterocycles. The normalized spacial score (nSPS) is 11.6. The Morgan fingerprint density at radius 1 is 0.339 bits per heavy atom. The topological polar surface area (TPSA) is 51.8 Å². The van der Waals surface area contributed by atoms with Crippen molar-refractivity contribution in [1.82, 2.24) is 15.0 Å². The highest BCUT2D eigenvalue weighted by molar-refractivity contribution is 7.26. The summed E-state index contributed by atoms with van der Waals surface area (Å²) in [6.45, 7) is 0. The predicted octanol–water partition coefficient (Wildman–Crippen LogP) is 14.1. The Morgan fingerprint density at radius 2 is 0.893 bits per heavy atom. The zero-order valence-corrected chi connectivity index (χ0v) is 30.9. The number of rotatable bonds is 6. The van der Waals surface area contributed by atoms with Crippen LogP contribution in [0.1, 0.15) is 0 Å². The predicted molar refractivity (Wildman–Crippen MR) is 233 cm³/mol. The van der Waals surface area contributed by atoms with Gasteiger partial charge in [0, 0.05) is 58.8 Å². The first-order valence-electron chi connectivity index (χ1n) is 18.7. The Kier molecular flexibility index (Phi) is 7.64. The average molecular weight is 734 g/mol. The van der Waals surface area contributed by atoms with Crippen molar-refractivity contribution in [1.29, 1.82) is 0 Å². The molecule has 3 heterocycles. The van der Waals surface area contributed by atoms with Crippen molar-refractivity contribution < 1.29 is 4.42 Å². The van der Waals surface area contributed by atoms with Gasteiger partial charge in [0.05, 0.1) is 0 Å². The molecule has 0 radical (unpaired) electrons. The monoisotopic (exact) mass is 733 g/mol. The number of furan rings is 1. The first kappa shape index (κ1) is 32.2. The smallest absolute Gasteiger partial charge is 0.165 e. The van der Waals surface area contributed by atoms with Crippen LogP contribution in [0.4, 0.5) is 0 Å². The van der Waals surface area contributed by atoms with Gasteiger partial charge in [0.1, 0.15) is 11.2 Å². The molecule has 0 atom stereocenters. The molecule has 11 aromatic rings. The molecule has 0 spiro atoms. The van der Waals surface area contributed by atoms with Crippen molar-refractivity contribution in [3.8, 4) is 67.5 Å². The number of nitrogens with zero attached hydrogens (tertiary/aromatic N) is 3. The quantitative estimate of drug-likeness (QED) is 0.171. The highest BCUT2D eigenvalue weighted by Crippen LogP contribution is 2.46. The lowest BCUT2D eigenvalue weighted by molar-refractivity contribution is 0.671. The number of fused-ring (bicyclic) bond motifs is 6. The van der Waals surface area contributed by atoms with Gasteiger partial charge in [-0.05, 0) is 58.7 Å². The largest absolute Gasteiger partial charge is 0.455 e. The molecular weight excluding hydrogens is 703 g/mol. The third-order valence-electron chi connectivity index (χ3n) is 10.6. The van der Waals surface area contributed by atoms with Gasteiger partial charge in [-0.3, -0.25) is 0 Å². The molecule has 0 fully saturated rings. The van der Waals surface area contributed by atoms with Gasteiger partial charge in [0.2, 0.25) is 0 Å². The molecule has 0 saturated heterocycles. The summed E-state index contributed by atoms with van der Waals surface area (Å²) < 4.78 is 9.52. The second-order valence-corrected chi connectivity index (χ2v) is 15.0. The Labute approximate surface area is 327 Å². The van der Waals surface area contributed by atoms with E-state index in [1.165, 1.54) is 15.5 Å². The first-order chi connectivity index (χ1) is 27.8. The van der Waals surface area contributed by atoms with E-state index in [9.17, 15) is 0 Å². The fourth-order valence-electron chi connectivity index (χ4n) is 7.90.